The fraction of sp³-hybridized carbons (Fsp3) is 0.500. The minimum atomic E-state index is -0.855. The number of carbonyl (C=O) groups excluding carboxylic acids is 1. The molecule has 2 atom stereocenters. The summed E-state index contributed by atoms with van der Waals surface area (Å²) in [7, 11) is 3.42. The molecule has 3 N–H and O–H groups in total. The van der Waals surface area contributed by atoms with E-state index in [9.17, 15) is 14.7 Å². The van der Waals surface area contributed by atoms with Gasteiger partial charge in [-0.05, 0) is 30.5 Å². The number of benzene rings is 1. The fourth-order valence-corrected chi connectivity index (χ4v) is 2.90. The summed E-state index contributed by atoms with van der Waals surface area (Å²) in [5.41, 5.74) is 1.80. The summed E-state index contributed by atoms with van der Waals surface area (Å²) in [6.45, 7) is 2.17. The van der Waals surface area contributed by atoms with Crippen molar-refractivity contribution in [2.75, 3.05) is 26.0 Å². The maximum Gasteiger partial charge on any atom is 0.307 e. The van der Waals surface area contributed by atoms with Gasteiger partial charge in [0.15, 0.2) is 5.82 Å². The average molecular weight is 374 g/mol. The van der Waals surface area contributed by atoms with Crippen LogP contribution < -0.4 is 5.32 Å². The van der Waals surface area contributed by atoms with Crippen molar-refractivity contribution in [2.45, 2.75) is 32.1 Å². The summed E-state index contributed by atoms with van der Waals surface area (Å²) >= 11 is 0. The Labute approximate surface area is 158 Å². The van der Waals surface area contributed by atoms with Crippen molar-refractivity contribution in [3.05, 3.63) is 35.7 Å². The molecule has 0 saturated heterocycles. The minimum absolute atomic E-state index is 0.0138. The molecule has 0 radical (unpaired) electrons. The molecule has 1 amide bonds. The highest BCUT2D eigenvalue weighted by molar-refractivity contribution is 5.80. The van der Waals surface area contributed by atoms with Crippen LogP contribution in [-0.4, -0.2) is 63.1 Å². The molecule has 9 nitrogen and oxygen atoms in total. The first-order valence-corrected chi connectivity index (χ1v) is 8.91. The Morgan fingerprint density at radius 1 is 1.26 bits per heavy atom. The topological polar surface area (TPSA) is 124 Å². The average Bonchev–Trinajstić information content (AvgIpc) is 3.17. The molecule has 0 aliphatic rings. The third-order valence-electron chi connectivity index (χ3n) is 4.45. The molecule has 2 aromatic rings. The van der Waals surface area contributed by atoms with Gasteiger partial charge in [0.05, 0.1) is 12.5 Å². The van der Waals surface area contributed by atoms with Gasteiger partial charge >= 0.3 is 5.97 Å². The van der Waals surface area contributed by atoms with Crippen LogP contribution in [0.2, 0.25) is 0 Å². The van der Waals surface area contributed by atoms with Crippen LogP contribution in [0.15, 0.2) is 24.3 Å². The second-order valence-corrected chi connectivity index (χ2v) is 6.65. The van der Waals surface area contributed by atoms with Crippen LogP contribution in [0.5, 0.6) is 0 Å². The Kier molecular flexibility index (Phi) is 7.27. The third-order valence-corrected chi connectivity index (χ3v) is 4.45. The van der Waals surface area contributed by atoms with Gasteiger partial charge in [-0.2, -0.15) is 5.21 Å². The van der Waals surface area contributed by atoms with Gasteiger partial charge in [-0.25, -0.2) is 0 Å². The van der Waals surface area contributed by atoms with Gasteiger partial charge in [0.1, 0.15) is 0 Å². The number of rotatable bonds is 10. The number of likely N-dealkylation sites (N-methyl/N-ethyl adjacent to an activating group) is 1. The van der Waals surface area contributed by atoms with Crippen molar-refractivity contribution in [2.24, 2.45) is 5.92 Å². The first kappa shape index (κ1) is 20.3. The van der Waals surface area contributed by atoms with E-state index in [4.69, 9.17) is 0 Å². The highest BCUT2D eigenvalue weighted by Gasteiger charge is 2.31. The number of H-pyrrole nitrogens is 1. The highest BCUT2D eigenvalue weighted by Crippen LogP contribution is 2.30. The standard InChI is InChI=1S/C18H26N6O3/c1-4-5-14(18(26)27)15(17-20-22-23-21-17)10-12-6-8-13(9-7-12)19-11-16(25)24(2)3/h6-9,14-15,19H,4-5,10-11H2,1-3H3,(H,26,27)(H,20,21,22,23)/t14-,15-/m0/s1. The number of carboxylic acids is 1. The summed E-state index contributed by atoms with van der Waals surface area (Å²) in [6, 6.07) is 7.59. The number of carbonyl (C=O) groups is 2. The van der Waals surface area contributed by atoms with Crippen LogP contribution in [0.3, 0.4) is 0 Å². The quantitative estimate of drug-likeness (QED) is 0.576. The number of carboxylic acid groups (broad SMARTS) is 1. The lowest BCUT2D eigenvalue weighted by Gasteiger charge is -2.21. The van der Waals surface area contributed by atoms with Crippen molar-refractivity contribution in [1.29, 1.82) is 0 Å². The lowest BCUT2D eigenvalue weighted by molar-refractivity contribution is -0.143. The molecular formula is C18H26N6O3. The smallest absolute Gasteiger partial charge is 0.307 e. The first-order valence-electron chi connectivity index (χ1n) is 8.91. The van der Waals surface area contributed by atoms with E-state index in [1.165, 1.54) is 4.90 Å². The van der Waals surface area contributed by atoms with Gasteiger partial charge in [-0.3, -0.25) is 9.59 Å². The van der Waals surface area contributed by atoms with Crippen LogP contribution in [0.1, 0.15) is 37.1 Å². The van der Waals surface area contributed by atoms with Crippen LogP contribution in [0.25, 0.3) is 0 Å². The fourth-order valence-electron chi connectivity index (χ4n) is 2.90. The Morgan fingerprint density at radius 3 is 2.48 bits per heavy atom. The van der Waals surface area contributed by atoms with Gasteiger partial charge in [0.25, 0.3) is 0 Å². The maximum atomic E-state index is 11.7. The molecule has 146 valence electrons. The van der Waals surface area contributed by atoms with Crippen LogP contribution in [0.4, 0.5) is 5.69 Å². The second kappa shape index (κ2) is 9.65. The number of nitrogens with one attached hydrogen (secondary N) is 2. The highest BCUT2D eigenvalue weighted by atomic mass is 16.4. The Bertz CT molecular complexity index is 730. The second-order valence-electron chi connectivity index (χ2n) is 6.65. The van der Waals surface area contributed by atoms with Gasteiger partial charge in [-0.15, -0.1) is 10.2 Å². The van der Waals surface area contributed by atoms with E-state index in [0.29, 0.717) is 18.7 Å². The number of nitrogens with zero attached hydrogens (tertiary/aromatic N) is 4. The molecule has 1 aromatic heterocycles. The molecule has 0 aliphatic heterocycles. The molecule has 0 bridgehead atoms. The van der Waals surface area contributed by atoms with E-state index >= 15 is 0 Å². The predicted octanol–water partition coefficient (Wildman–Crippen LogP) is 1.53. The normalized spacial score (nSPS) is 13.0. The number of tetrazole rings is 1. The molecule has 1 aromatic carbocycles. The zero-order chi connectivity index (χ0) is 19.8. The molecule has 0 unspecified atom stereocenters. The number of aromatic amines is 1. The molecular weight excluding hydrogens is 348 g/mol. The largest absolute Gasteiger partial charge is 0.481 e. The van der Waals surface area contributed by atoms with E-state index in [1.807, 2.05) is 31.2 Å². The van der Waals surface area contributed by atoms with Gasteiger partial charge in [-0.1, -0.05) is 30.7 Å². The minimum Gasteiger partial charge on any atom is -0.481 e. The summed E-state index contributed by atoms with van der Waals surface area (Å²) in [5.74, 6) is -1.40. The Morgan fingerprint density at radius 2 is 1.96 bits per heavy atom. The molecule has 0 aliphatic carbocycles. The molecule has 0 spiro atoms. The van der Waals surface area contributed by atoms with Crippen LogP contribution >= 0.6 is 0 Å². The number of amides is 1. The van der Waals surface area contributed by atoms with Gasteiger partial charge in [0, 0.05) is 25.7 Å². The molecule has 2 rings (SSSR count). The maximum absolute atomic E-state index is 11.7. The SMILES string of the molecule is CCC[C@H](C(=O)O)[C@H](Cc1ccc(NCC(=O)N(C)C)cc1)c1nn[nH]n1. The van der Waals surface area contributed by atoms with Crippen molar-refractivity contribution >= 4 is 17.6 Å². The number of hydrogen-bond donors (Lipinski definition) is 3. The number of anilines is 1. The van der Waals surface area contributed by atoms with Crippen molar-refractivity contribution < 1.29 is 14.7 Å². The zero-order valence-electron chi connectivity index (χ0n) is 15.8. The lowest BCUT2D eigenvalue weighted by Crippen LogP contribution is -2.28. The zero-order valence-corrected chi connectivity index (χ0v) is 15.8. The summed E-state index contributed by atoms with van der Waals surface area (Å²) in [4.78, 5) is 24.9. The molecule has 0 fully saturated rings. The summed E-state index contributed by atoms with van der Waals surface area (Å²) in [6.07, 6.45) is 1.79. The van der Waals surface area contributed by atoms with Gasteiger partial charge in [0.2, 0.25) is 5.91 Å². The van der Waals surface area contributed by atoms with Crippen molar-refractivity contribution in [1.82, 2.24) is 25.5 Å². The monoisotopic (exact) mass is 374 g/mol. The Balaban J connectivity index is 2.11. The van der Waals surface area contributed by atoms with Crippen molar-refractivity contribution in [3.8, 4) is 0 Å². The molecule has 9 heteroatoms. The number of aromatic nitrogens is 4. The van der Waals surface area contributed by atoms with E-state index < -0.39 is 11.9 Å². The lowest BCUT2D eigenvalue weighted by atomic mass is 9.83. The van der Waals surface area contributed by atoms with Crippen molar-refractivity contribution in [3.63, 3.8) is 0 Å². The van der Waals surface area contributed by atoms with E-state index in [1.54, 1.807) is 14.1 Å². The Hall–Kier alpha value is -2.97. The first-order chi connectivity index (χ1) is 12.9. The molecule has 1 heterocycles. The van der Waals surface area contributed by atoms with E-state index in [2.05, 4.69) is 25.9 Å². The van der Waals surface area contributed by atoms with Crippen LogP contribution in [-0.2, 0) is 16.0 Å². The van der Waals surface area contributed by atoms with E-state index in [0.717, 1.165) is 17.7 Å². The van der Waals surface area contributed by atoms with Crippen LogP contribution in [0, 0.1) is 5.92 Å². The summed E-state index contributed by atoms with van der Waals surface area (Å²) < 4.78 is 0. The molecule has 0 saturated carbocycles. The number of hydrogen-bond acceptors (Lipinski definition) is 6. The number of aliphatic carboxylic acids is 1. The summed E-state index contributed by atoms with van der Waals surface area (Å²) in [5, 5.41) is 26.7. The van der Waals surface area contributed by atoms with E-state index in [-0.39, 0.29) is 18.4 Å². The van der Waals surface area contributed by atoms with Gasteiger partial charge < -0.3 is 15.3 Å². The molecule has 27 heavy (non-hydrogen) atoms. The third kappa shape index (κ3) is 5.77. The predicted molar refractivity (Wildman–Crippen MR) is 100 cm³/mol.